The summed E-state index contributed by atoms with van der Waals surface area (Å²) in [6, 6.07) is 0. The summed E-state index contributed by atoms with van der Waals surface area (Å²) in [5.41, 5.74) is 0.583. The van der Waals surface area contributed by atoms with Gasteiger partial charge in [0.05, 0.1) is 0 Å². The van der Waals surface area contributed by atoms with E-state index in [2.05, 4.69) is 10.7 Å². The van der Waals surface area contributed by atoms with Gasteiger partial charge in [0.2, 0.25) is 0 Å². The van der Waals surface area contributed by atoms with E-state index in [0.717, 1.165) is 0 Å². The van der Waals surface area contributed by atoms with Crippen molar-refractivity contribution < 1.29 is 15.5 Å². The van der Waals surface area contributed by atoms with Crippen LogP contribution in [0.15, 0.2) is 11.8 Å². The topological polar surface area (TPSA) is 53.9 Å². The number of allylic oxidation sites excluding steroid dienone is 1. The Morgan fingerprint density at radius 1 is 1.62 bits per heavy atom. The van der Waals surface area contributed by atoms with Crippen LogP contribution < -0.4 is 5.90 Å². The molecule has 3 nitrogen and oxygen atoms in total. The highest BCUT2D eigenvalue weighted by Crippen LogP contribution is 1.90. The fraction of sp³-hybridized carbons (Fsp3) is 0.400. The lowest BCUT2D eigenvalue weighted by Crippen LogP contribution is -2.46. The number of ketones is 1. The Bertz CT molecular complexity index is 118. The van der Waals surface area contributed by atoms with Gasteiger partial charge in [-0.3, -0.25) is 4.79 Å². The van der Waals surface area contributed by atoms with Crippen molar-refractivity contribution in [2.45, 2.75) is 13.8 Å². The molecule has 0 heterocycles. The summed E-state index contributed by atoms with van der Waals surface area (Å²) in [5, 5.41) is 0. The maximum Gasteiger partial charge on any atom is 0.160 e. The molecule has 8 heavy (non-hydrogen) atoms. The molecule has 0 saturated carbocycles. The van der Waals surface area contributed by atoms with Crippen LogP contribution in [-0.4, -0.2) is 5.78 Å². The standard InChI is InChI=1S/C5H10NO2/c1-4(3-8-6)5(2)7/h3H,1-2,6H3/q+1. The SMILES string of the molecule is CC(=O)C(C)=CO[NH3+]. The smallest absolute Gasteiger partial charge is 0.160 e. The molecule has 0 aromatic rings. The van der Waals surface area contributed by atoms with Gasteiger partial charge in [0, 0.05) is 5.57 Å². The molecule has 0 aliphatic rings. The van der Waals surface area contributed by atoms with Crippen LogP contribution in [0.2, 0.25) is 0 Å². The third-order valence-corrected chi connectivity index (χ3v) is 0.815. The minimum absolute atomic E-state index is 0.00801. The van der Waals surface area contributed by atoms with Crippen molar-refractivity contribution in [3.05, 3.63) is 11.8 Å². The lowest BCUT2D eigenvalue weighted by molar-refractivity contribution is -0.665. The van der Waals surface area contributed by atoms with Gasteiger partial charge < -0.3 is 4.84 Å². The van der Waals surface area contributed by atoms with Gasteiger partial charge in [-0.15, -0.1) is 0 Å². The van der Waals surface area contributed by atoms with E-state index in [1.807, 2.05) is 0 Å². The Hall–Kier alpha value is -0.830. The highest BCUT2D eigenvalue weighted by Gasteiger charge is 1.93. The molecule has 0 fully saturated rings. The van der Waals surface area contributed by atoms with Crippen molar-refractivity contribution in [1.82, 2.24) is 0 Å². The maximum atomic E-state index is 10.4. The first kappa shape index (κ1) is 7.17. The third kappa shape index (κ3) is 2.36. The molecule has 0 saturated heterocycles. The number of carbonyl (C=O) groups excluding carboxylic acids is 1. The van der Waals surface area contributed by atoms with Crippen LogP contribution >= 0.6 is 0 Å². The maximum absolute atomic E-state index is 10.4. The van der Waals surface area contributed by atoms with Crippen LogP contribution in [0.3, 0.4) is 0 Å². The predicted octanol–water partition coefficient (Wildman–Crippen LogP) is -0.347. The van der Waals surface area contributed by atoms with Crippen LogP contribution in [0, 0.1) is 0 Å². The lowest BCUT2D eigenvalue weighted by atomic mass is 10.2. The van der Waals surface area contributed by atoms with Crippen LogP contribution in [0.25, 0.3) is 0 Å². The van der Waals surface area contributed by atoms with Crippen molar-refractivity contribution in [3.8, 4) is 0 Å². The Kier molecular flexibility index (Phi) is 2.88. The van der Waals surface area contributed by atoms with E-state index >= 15 is 0 Å². The van der Waals surface area contributed by atoms with Crippen LogP contribution in [0.4, 0.5) is 0 Å². The molecule has 0 aromatic carbocycles. The van der Waals surface area contributed by atoms with E-state index in [1.165, 1.54) is 13.2 Å². The third-order valence-electron chi connectivity index (χ3n) is 0.815. The Balaban J connectivity index is 3.80. The second kappa shape index (κ2) is 3.21. The van der Waals surface area contributed by atoms with E-state index in [4.69, 9.17) is 0 Å². The number of rotatable bonds is 2. The summed E-state index contributed by atoms with van der Waals surface area (Å²) in [6.07, 6.45) is 1.32. The highest BCUT2D eigenvalue weighted by molar-refractivity contribution is 5.92. The van der Waals surface area contributed by atoms with Gasteiger partial charge in [-0.2, -0.15) is 5.90 Å². The molecule has 0 spiro atoms. The van der Waals surface area contributed by atoms with E-state index in [0.29, 0.717) is 5.57 Å². The molecule has 3 heteroatoms. The number of hydrogen-bond acceptors (Lipinski definition) is 2. The molecule has 0 aliphatic carbocycles. The average molecular weight is 116 g/mol. The van der Waals surface area contributed by atoms with Gasteiger partial charge in [0.1, 0.15) is 0 Å². The second-order valence-electron chi connectivity index (χ2n) is 1.52. The molecular weight excluding hydrogens is 106 g/mol. The minimum Gasteiger partial charge on any atom is -0.328 e. The van der Waals surface area contributed by atoms with E-state index in [1.54, 1.807) is 6.92 Å². The molecule has 0 bridgehead atoms. The largest absolute Gasteiger partial charge is 0.328 e. The Morgan fingerprint density at radius 2 is 2.12 bits per heavy atom. The van der Waals surface area contributed by atoms with Gasteiger partial charge in [-0.25, -0.2) is 0 Å². The van der Waals surface area contributed by atoms with Crippen molar-refractivity contribution in [1.29, 1.82) is 0 Å². The van der Waals surface area contributed by atoms with Crippen molar-refractivity contribution in [2.75, 3.05) is 0 Å². The molecule has 3 N–H and O–H groups in total. The van der Waals surface area contributed by atoms with Gasteiger partial charge in [0.25, 0.3) is 0 Å². The zero-order chi connectivity index (χ0) is 6.57. The summed E-state index contributed by atoms with van der Waals surface area (Å²) in [7, 11) is 0. The number of quaternary nitrogens is 1. The fourth-order valence-electron chi connectivity index (χ4n) is 0.208. The molecule has 0 amide bonds. The first-order chi connectivity index (χ1) is 3.68. The molecule has 46 valence electrons. The Morgan fingerprint density at radius 3 is 2.25 bits per heavy atom. The molecule has 0 aliphatic heterocycles. The predicted molar refractivity (Wildman–Crippen MR) is 28.4 cm³/mol. The first-order valence-corrected chi connectivity index (χ1v) is 2.27. The minimum atomic E-state index is 0.00801. The second-order valence-corrected chi connectivity index (χ2v) is 1.52. The quantitative estimate of drug-likeness (QED) is 0.304. The summed E-state index contributed by atoms with van der Waals surface area (Å²) >= 11 is 0. The summed E-state index contributed by atoms with van der Waals surface area (Å²) < 4.78 is 0. The molecule has 0 rings (SSSR count). The number of carbonyl (C=O) groups is 1. The summed E-state index contributed by atoms with van der Waals surface area (Å²) in [6.45, 7) is 3.15. The zero-order valence-electron chi connectivity index (χ0n) is 5.10. The number of hydrogen-bond donors (Lipinski definition) is 1. The van der Waals surface area contributed by atoms with Crippen molar-refractivity contribution >= 4 is 5.78 Å². The van der Waals surface area contributed by atoms with Crippen LogP contribution in [-0.2, 0) is 9.63 Å². The Labute approximate surface area is 48.1 Å². The molecule has 0 radical (unpaired) electrons. The van der Waals surface area contributed by atoms with E-state index < -0.39 is 0 Å². The van der Waals surface area contributed by atoms with Crippen molar-refractivity contribution in [2.24, 2.45) is 0 Å². The zero-order valence-corrected chi connectivity index (χ0v) is 5.10. The highest BCUT2D eigenvalue weighted by atomic mass is 16.6. The number of Topliss-reactive ketones (excluding diaryl/α,β-unsaturated/α-hetero) is 1. The van der Waals surface area contributed by atoms with Gasteiger partial charge in [0.15, 0.2) is 12.0 Å². The van der Waals surface area contributed by atoms with Crippen LogP contribution in [0.5, 0.6) is 0 Å². The monoisotopic (exact) mass is 116 g/mol. The van der Waals surface area contributed by atoms with E-state index in [9.17, 15) is 4.79 Å². The lowest BCUT2D eigenvalue weighted by Gasteiger charge is -1.87. The molecular formula is C5H10NO2+. The van der Waals surface area contributed by atoms with Gasteiger partial charge in [-0.05, 0) is 13.8 Å². The summed E-state index contributed by atoms with van der Waals surface area (Å²) in [4.78, 5) is 14.7. The fourth-order valence-corrected chi connectivity index (χ4v) is 0.208. The van der Waals surface area contributed by atoms with E-state index in [-0.39, 0.29) is 5.78 Å². The average Bonchev–Trinajstić information content (AvgIpc) is 1.67. The van der Waals surface area contributed by atoms with Crippen LogP contribution in [0.1, 0.15) is 13.8 Å². The van der Waals surface area contributed by atoms with Gasteiger partial charge in [-0.1, -0.05) is 0 Å². The summed E-state index contributed by atoms with van der Waals surface area (Å²) in [5.74, 6) is 3.09. The molecule has 0 aromatic heterocycles. The van der Waals surface area contributed by atoms with Crippen molar-refractivity contribution in [3.63, 3.8) is 0 Å². The first-order valence-electron chi connectivity index (χ1n) is 2.27. The normalized spacial score (nSPS) is 11.1. The molecule has 0 unspecified atom stereocenters. The van der Waals surface area contributed by atoms with Gasteiger partial charge >= 0.3 is 0 Å². The molecule has 0 atom stereocenters.